The van der Waals surface area contributed by atoms with Gasteiger partial charge in [-0.15, -0.1) is 0 Å². The molecule has 0 saturated carbocycles. The van der Waals surface area contributed by atoms with Crippen molar-refractivity contribution in [1.29, 1.82) is 0 Å². The fourth-order valence-electron chi connectivity index (χ4n) is 1.86. The highest BCUT2D eigenvalue weighted by molar-refractivity contribution is 9.10. The Morgan fingerprint density at radius 2 is 1.85 bits per heavy atom. The maximum atomic E-state index is 12.5. The Bertz CT molecular complexity index is 740. The van der Waals surface area contributed by atoms with Crippen LogP contribution in [0.2, 0.25) is 5.02 Å². The van der Waals surface area contributed by atoms with Gasteiger partial charge in [0.2, 0.25) is 0 Å². The SMILES string of the molecule is Cc1ccc(NS(=O)(=O)c2c(Cl)cccc2Br)c(C)c1. The molecule has 20 heavy (non-hydrogen) atoms. The molecule has 0 unspecified atom stereocenters. The van der Waals surface area contributed by atoms with Crippen molar-refractivity contribution in [1.82, 2.24) is 0 Å². The van der Waals surface area contributed by atoms with E-state index in [9.17, 15) is 8.42 Å². The van der Waals surface area contributed by atoms with Gasteiger partial charge in [-0.25, -0.2) is 8.42 Å². The largest absolute Gasteiger partial charge is 0.279 e. The minimum Gasteiger partial charge on any atom is -0.279 e. The van der Waals surface area contributed by atoms with Crippen molar-refractivity contribution in [3.63, 3.8) is 0 Å². The van der Waals surface area contributed by atoms with Crippen LogP contribution in [0.1, 0.15) is 11.1 Å². The predicted molar refractivity (Wildman–Crippen MR) is 85.9 cm³/mol. The fourth-order valence-corrected chi connectivity index (χ4v) is 4.73. The molecule has 106 valence electrons. The van der Waals surface area contributed by atoms with Gasteiger partial charge in [0.05, 0.1) is 10.7 Å². The third-order valence-electron chi connectivity index (χ3n) is 2.81. The first kappa shape index (κ1) is 15.4. The van der Waals surface area contributed by atoms with Gasteiger partial charge in [0.1, 0.15) is 4.90 Å². The van der Waals surface area contributed by atoms with E-state index in [2.05, 4.69) is 20.7 Å². The van der Waals surface area contributed by atoms with E-state index in [0.29, 0.717) is 10.2 Å². The summed E-state index contributed by atoms with van der Waals surface area (Å²) in [6.07, 6.45) is 0. The van der Waals surface area contributed by atoms with E-state index < -0.39 is 10.0 Å². The maximum absolute atomic E-state index is 12.5. The molecule has 0 bridgehead atoms. The van der Waals surface area contributed by atoms with Crippen LogP contribution < -0.4 is 4.72 Å². The maximum Gasteiger partial charge on any atom is 0.264 e. The number of anilines is 1. The second kappa shape index (κ2) is 5.76. The highest BCUT2D eigenvalue weighted by Crippen LogP contribution is 2.31. The number of halogens is 2. The molecule has 2 aromatic carbocycles. The van der Waals surface area contributed by atoms with E-state index in [0.717, 1.165) is 11.1 Å². The van der Waals surface area contributed by atoms with Crippen LogP contribution in [0.5, 0.6) is 0 Å². The lowest BCUT2D eigenvalue weighted by Gasteiger charge is -2.13. The van der Waals surface area contributed by atoms with Crippen LogP contribution in [0, 0.1) is 13.8 Å². The number of hydrogen-bond donors (Lipinski definition) is 1. The monoisotopic (exact) mass is 373 g/mol. The first-order valence-corrected chi connectivity index (χ1v) is 8.51. The molecule has 0 saturated heterocycles. The molecule has 0 atom stereocenters. The first-order chi connectivity index (χ1) is 9.31. The van der Waals surface area contributed by atoms with Gasteiger partial charge in [-0.3, -0.25) is 4.72 Å². The Morgan fingerprint density at radius 3 is 2.45 bits per heavy atom. The van der Waals surface area contributed by atoms with Gasteiger partial charge in [0.15, 0.2) is 0 Å². The average molecular weight is 375 g/mol. The Balaban J connectivity index is 2.46. The van der Waals surface area contributed by atoms with Crippen molar-refractivity contribution < 1.29 is 8.42 Å². The summed E-state index contributed by atoms with van der Waals surface area (Å²) in [5.41, 5.74) is 2.48. The van der Waals surface area contributed by atoms with Crippen LogP contribution in [0.25, 0.3) is 0 Å². The number of benzene rings is 2. The zero-order valence-corrected chi connectivity index (χ0v) is 14.1. The molecule has 0 aromatic heterocycles. The fraction of sp³-hybridized carbons (Fsp3) is 0.143. The standard InChI is InChI=1S/C14H13BrClNO2S/c1-9-6-7-13(10(2)8-9)17-20(18,19)14-11(15)4-3-5-12(14)16/h3-8,17H,1-2H3. The van der Waals surface area contributed by atoms with E-state index in [1.165, 1.54) is 0 Å². The van der Waals surface area contributed by atoms with Gasteiger partial charge < -0.3 is 0 Å². The summed E-state index contributed by atoms with van der Waals surface area (Å²) in [5, 5.41) is 0.177. The van der Waals surface area contributed by atoms with E-state index in [1.807, 2.05) is 26.0 Å². The minimum absolute atomic E-state index is 0.0432. The molecule has 0 aliphatic carbocycles. The van der Waals surface area contributed by atoms with Crippen LogP contribution in [-0.4, -0.2) is 8.42 Å². The van der Waals surface area contributed by atoms with Crippen molar-refractivity contribution in [2.75, 3.05) is 4.72 Å². The summed E-state index contributed by atoms with van der Waals surface area (Å²) in [5.74, 6) is 0. The third-order valence-corrected chi connectivity index (χ3v) is 5.63. The molecule has 0 fully saturated rings. The number of sulfonamides is 1. The summed E-state index contributed by atoms with van der Waals surface area (Å²) in [6, 6.07) is 10.4. The molecule has 0 spiro atoms. The van der Waals surface area contributed by atoms with Gasteiger partial charge in [-0.05, 0) is 53.5 Å². The zero-order chi connectivity index (χ0) is 14.9. The average Bonchev–Trinajstić information content (AvgIpc) is 2.32. The summed E-state index contributed by atoms with van der Waals surface area (Å²) >= 11 is 9.22. The molecule has 0 radical (unpaired) electrons. The van der Waals surface area contributed by atoms with E-state index >= 15 is 0 Å². The molecule has 3 nitrogen and oxygen atoms in total. The number of rotatable bonds is 3. The van der Waals surface area contributed by atoms with Gasteiger partial charge in [-0.2, -0.15) is 0 Å². The molecular formula is C14H13BrClNO2S. The quantitative estimate of drug-likeness (QED) is 0.858. The van der Waals surface area contributed by atoms with Crippen molar-refractivity contribution in [2.24, 2.45) is 0 Å². The van der Waals surface area contributed by atoms with Crippen LogP contribution in [0.3, 0.4) is 0 Å². The third kappa shape index (κ3) is 3.16. The molecule has 2 rings (SSSR count). The predicted octanol–water partition coefficient (Wildman–Crippen LogP) is 4.52. The Labute approximate surface area is 132 Å². The lowest BCUT2D eigenvalue weighted by molar-refractivity contribution is 0.601. The summed E-state index contributed by atoms with van der Waals surface area (Å²) in [6.45, 7) is 3.81. The van der Waals surface area contributed by atoms with Crippen LogP contribution >= 0.6 is 27.5 Å². The van der Waals surface area contributed by atoms with Crippen molar-refractivity contribution in [3.8, 4) is 0 Å². The zero-order valence-electron chi connectivity index (χ0n) is 10.9. The topological polar surface area (TPSA) is 46.2 Å². The molecule has 2 aromatic rings. The summed E-state index contributed by atoms with van der Waals surface area (Å²) in [4.78, 5) is 0.0432. The number of hydrogen-bond acceptors (Lipinski definition) is 2. The van der Waals surface area contributed by atoms with E-state index in [1.54, 1.807) is 24.3 Å². The van der Waals surface area contributed by atoms with Gasteiger partial charge in [0.25, 0.3) is 10.0 Å². The highest BCUT2D eigenvalue weighted by atomic mass is 79.9. The van der Waals surface area contributed by atoms with E-state index in [-0.39, 0.29) is 9.92 Å². The Morgan fingerprint density at radius 1 is 1.15 bits per heavy atom. The molecule has 0 heterocycles. The van der Waals surface area contributed by atoms with Crippen LogP contribution in [0.4, 0.5) is 5.69 Å². The highest BCUT2D eigenvalue weighted by Gasteiger charge is 2.21. The normalized spacial score (nSPS) is 11.4. The second-order valence-electron chi connectivity index (χ2n) is 4.47. The molecule has 6 heteroatoms. The van der Waals surface area contributed by atoms with Crippen LogP contribution in [0.15, 0.2) is 45.8 Å². The van der Waals surface area contributed by atoms with Crippen LogP contribution in [-0.2, 0) is 10.0 Å². The Hall–Kier alpha value is -1.04. The molecule has 1 N–H and O–H groups in total. The summed E-state index contributed by atoms with van der Waals surface area (Å²) in [7, 11) is -3.74. The van der Waals surface area contributed by atoms with Gasteiger partial charge >= 0.3 is 0 Å². The van der Waals surface area contributed by atoms with Gasteiger partial charge in [-0.1, -0.05) is 35.4 Å². The first-order valence-electron chi connectivity index (χ1n) is 5.85. The Kier molecular flexibility index (Phi) is 4.42. The van der Waals surface area contributed by atoms with Crippen molar-refractivity contribution in [3.05, 3.63) is 57.0 Å². The molecule has 0 aliphatic rings. The summed E-state index contributed by atoms with van der Waals surface area (Å²) < 4.78 is 27.9. The number of nitrogens with one attached hydrogen (secondary N) is 1. The van der Waals surface area contributed by atoms with Crippen molar-refractivity contribution >= 4 is 43.2 Å². The smallest absolute Gasteiger partial charge is 0.264 e. The molecule has 0 amide bonds. The molecular weight excluding hydrogens is 362 g/mol. The lowest BCUT2D eigenvalue weighted by Crippen LogP contribution is -2.15. The van der Waals surface area contributed by atoms with E-state index in [4.69, 9.17) is 11.6 Å². The van der Waals surface area contributed by atoms with Gasteiger partial charge in [0, 0.05) is 4.47 Å². The lowest BCUT2D eigenvalue weighted by atomic mass is 10.1. The number of aryl methyl sites for hydroxylation is 2. The van der Waals surface area contributed by atoms with Crippen molar-refractivity contribution in [2.45, 2.75) is 18.7 Å². The second-order valence-corrected chi connectivity index (χ2v) is 7.36. The minimum atomic E-state index is -3.74. The molecule has 0 aliphatic heterocycles.